The van der Waals surface area contributed by atoms with Crippen LogP contribution in [0, 0.1) is 0 Å². The molecule has 6 aromatic rings. The van der Waals surface area contributed by atoms with Crippen molar-refractivity contribution in [1.29, 1.82) is 0 Å². The van der Waals surface area contributed by atoms with Crippen molar-refractivity contribution in [3.63, 3.8) is 0 Å². The van der Waals surface area contributed by atoms with Gasteiger partial charge in [0.25, 0.3) is 0 Å². The Kier molecular flexibility index (Phi) is 12.4. The van der Waals surface area contributed by atoms with Crippen molar-refractivity contribution in [3.05, 3.63) is 61.2 Å². The quantitative estimate of drug-likeness (QED) is 0.0705. The molecule has 2 fully saturated rings. The van der Waals surface area contributed by atoms with Gasteiger partial charge in [-0.25, -0.2) is 18.4 Å². The second kappa shape index (κ2) is 17.8. The first-order valence-corrected chi connectivity index (χ1v) is 21.6. The number of nitrogens with one attached hydrogen (secondary N) is 5. The molecule has 0 spiro atoms. The largest absolute Gasteiger partial charge is 0.399 e. The normalized spacial score (nSPS) is 19.6. The monoisotopic (exact) mass is 812 g/mol. The second-order valence-corrected chi connectivity index (χ2v) is 16.6. The summed E-state index contributed by atoms with van der Waals surface area (Å²) in [6.07, 6.45) is 10.9. The van der Waals surface area contributed by atoms with Crippen LogP contribution in [0.4, 0.5) is 46.3 Å². The van der Waals surface area contributed by atoms with Gasteiger partial charge in [-0.05, 0) is 102 Å². The van der Waals surface area contributed by atoms with E-state index >= 15 is 0 Å². The molecule has 4 heterocycles. The van der Waals surface area contributed by atoms with Gasteiger partial charge in [0.15, 0.2) is 34.0 Å². The Morgan fingerprint density at radius 1 is 0.672 bits per heavy atom. The molecule has 2 aliphatic rings. The number of sulfonamides is 1. The van der Waals surface area contributed by atoms with Crippen LogP contribution in [0.2, 0.25) is 0 Å². The molecule has 0 amide bonds. The first kappa shape index (κ1) is 40.4. The standard InChI is InChI=1S/C20H27N7O3S.C19H25N7O/c1-3-27-12-21-17-18(22-14-5-4-6-15(11-14)26-31(2,29)30)24-20(25-19(17)27)23-13-7-9-16(28)10-8-13;1-2-26-11-21-16-17(22-14-5-3-4-12(20)10-14)24-19(25-18(16)26)23-13-6-8-15(27)9-7-13/h4-6,11-13,16,26,28H,3,7-10H2,1-2H3,(H2,22,23,24,25);3-5,10-11,13,15,27H,2,6-9,20H2,1H3,(H2,22,23,24,25)/t13-,16-;13-,15-. The smallest absolute Gasteiger partial charge is 0.229 e. The van der Waals surface area contributed by atoms with E-state index < -0.39 is 10.0 Å². The Labute approximate surface area is 337 Å². The molecule has 308 valence electrons. The summed E-state index contributed by atoms with van der Waals surface area (Å²) >= 11 is 0. The molecule has 0 aliphatic heterocycles. The maximum Gasteiger partial charge on any atom is 0.229 e. The summed E-state index contributed by atoms with van der Waals surface area (Å²) in [5.74, 6) is 2.26. The second-order valence-electron chi connectivity index (χ2n) is 14.8. The van der Waals surface area contributed by atoms with Crippen LogP contribution in [0.5, 0.6) is 0 Å². The van der Waals surface area contributed by atoms with Crippen molar-refractivity contribution < 1.29 is 18.6 Å². The fraction of sp³-hybridized carbons (Fsp3) is 0.436. The molecule has 0 radical (unpaired) electrons. The van der Waals surface area contributed by atoms with Gasteiger partial charge in [0.05, 0.1) is 36.8 Å². The highest BCUT2D eigenvalue weighted by molar-refractivity contribution is 7.92. The highest BCUT2D eigenvalue weighted by atomic mass is 32.2. The zero-order valence-electron chi connectivity index (χ0n) is 32.9. The van der Waals surface area contributed by atoms with Crippen molar-refractivity contribution >= 4 is 78.6 Å². The molecule has 0 saturated heterocycles. The van der Waals surface area contributed by atoms with Gasteiger partial charge in [0.1, 0.15) is 0 Å². The van der Waals surface area contributed by atoms with Crippen LogP contribution in [0.15, 0.2) is 61.2 Å². The fourth-order valence-electron chi connectivity index (χ4n) is 7.22. The molecule has 9 N–H and O–H groups in total. The predicted octanol–water partition coefficient (Wildman–Crippen LogP) is 5.56. The van der Waals surface area contributed by atoms with E-state index in [9.17, 15) is 18.6 Å². The Morgan fingerprint density at radius 3 is 1.57 bits per heavy atom. The minimum Gasteiger partial charge on any atom is -0.399 e. The average molecular weight is 813 g/mol. The maximum atomic E-state index is 11.5. The summed E-state index contributed by atoms with van der Waals surface area (Å²) in [5.41, 5.74) is 11.4. The number of aromatic nitrogens is 8. The number of hydrogen-bond acceptors (Lipinski definition) is 15. The highest BCUT2D eigenvalue weighted by Crippen LogP contribution is 2.29. The van der Waals surface area contributed by atoms with Crippen LogP contribution in [-0.2, 0) is 23.1 Å². The summed E-state index contributed by atoms with van der Waals surface area (Å²) in [7, 11) is -3.38. The lowest BCUT2D eigenvalue weighted by molar-refractivity contribution is 0.125. The summed E-state index contributed by atoms with van der Waals surface area (Å²) in [5, 5.41) is 32.9. The van der Waals surface area contributed by atoms with E-state index in [0.29, 0.717) is 51.8 Å². The number of nitrogens with two attached hydrogens (primary N) is 1. The van der Waals surface area contributed by atoms with Crippen LogP contribution in [0.3, 0.4) is 0 Å². The number of benzene rings is 2. The lowest BCUT2D eigenvalue weighted by Crippen LogP contribution is -2.29. The third-order valence-corrected chi connectivity index (χ3v) is 10.9. The number of aryl methyl sites for hydroxylation is 2. The van der Waals surface area contributed by atoms with Gasteiger partial charge >= 0.3 is 0 Å². The Morgan fingerprint density at radius 2 is 1.12 bits per heavy atom. The van der Waals surface area contributed by atoms with E-state index in [4.69, 9.17) is 10.7 Å². The molecule has 2 aromatic carbocycles. The van der Waals surface area contributed by atoms with Crippen molar-refractivity contribution in [2.75, 3.05) is 38.0 Å². The number of nitrogen functional groups attached to an aromatic ring is 1. The van der Waals surface area contributed by atoms with E-state index in [-0.39, 0.29) is 24.3 Å². The molecule has 0 atom stereocenters. The number of nitrogens with zero attached hydrogens (tertiary/aromatic N) is 8. The summed E-state index contributed by atoms with van der Waals surface area (Å²) < 4.78 is 29.5. The number of rotatable bonds is 12. The van der Waals surface area contributed by atoms with Gasteiger partial charge < -0.3 is 46.3 Å². The first-order chi connectivity index (χ1) is 27.9. The number of hydrogen-bond donors (Lipinski definition) is 8. The topological polar surface area (TPSA) is 248 Å². The molecule has 18 nitrogen and oxygen atoms in total. The van der Waals surface area contributed by atoms with E-state index in [1.54, 1.807) is 30.9 Å². The highest BCUT2D eigenvalue weighted by Gasteiger charge is 2.23. The third kappa shape index (κ3) is 10.2. The van der Waals surface area contributed by atoms with Gasteiger partial charge in [0, 0.05) is 42.2 Å². The lowest BCUT2D eigenvalue weighted by atomic mass is 9.93. The molecule has 19 heteroatoms. The number of aliphatic hydroxyl groups excluding tert-OH is 2. The molecular weight excluding hydrogens is 761 g/mol. The Hall–Kier alpha value is -5.79. The van der Waals surface area contributed by atoms with Gasteiger partial charge in [0.2, 0.25) is 21.9 Å². The van der Waals surface area contributed by atoms with Crippen LogP contribution < -0.4 is 31.7 Å². The summed E-state index contributed by atoms with van der Waals surface area (Å²) in [6.45, 7) is 5.58. The minimum absolute atomic E-state index is 0.186. The van der Waals surface area contributed by atoms with Crippen LogP contribution >= 0.6 is 0 Å². The van der Waals surface area contributed by atoms with Gasteiger partial charge in [-0.1, -0.05) is 12.1 Å². The summed E-state index contributed by atoms with van der Waals surface area (Å²) in [4.78, 5) is 27.6. The molecule has 0 bridgehead atoms. The average Bonchev–Trinajstić information content (AvgIpc) is 3.81. The SMILES string of the molecule is CCn1cnc2c(Nc3cccc(N)c3)nc(N[C@H]3CC[C@H](O)CC3)nc21.CCn1cnc2c(Nc3cccc(NS(C)(=O)=O)c3)nc(N[C@H]3CC[C@H](O)CC3)nc21. The maximum absolute atomic E-state index is 11.5. The van der Waals surface area contributed by atoms with Crippen molar-refractivity contribution in [3.8, 4) is 0 Å². The fourth-order valence-corrected chi connectivity index (χ4v) is 7.78. The minimum atomic E-state index is -3.38. The van der Waals surface area contributed by atoms with Crippen molar-refractivity contribution in [1.82, 2.24) is 39.0 Å². The first-order valence-electron chi connectivity index (χ1n) is 19.7. The molecule has 58 heavy (non-hydrogen) atoms. The van der Waals surface area contributed by atoms with Crippen LogP contribution in [0.1, 0.15) is 65.2 Å². The Balaban J connectivity index is 0.000000178. The zero-order chi connectivity index (χ0) is 40.8. The number of imidazole rings is 2. The molecule has 0 unspecified atom stereocenters. The number of fused-ring (bicyclic) bond motifs is 2. The van der Waals surface area contributed by atoms with Crippen LogP contribution in [-0.4, -0.2) is 88.2 Å². The Bertz CT molecular complexity index is 2440. The van der Waals surface area contributed by atoms with Gasteiger partial charge in [-0.3, -0.25) is 4.72 Å². The van der Waals surface area contributed by atoms with E-state index in [0.717, 1.165) is 87.6 Å². The van der Waals surface area contributed by atoms with Crippen molar-refractivity contribution in [2.24, 2.45) is 0 Å². The van der Waals surface area contributed by atoms with Crippen molar-refractivity contribution in [2.45, 2.75) is 103 Å². The summed E-state index contributed by atoms with van der Waals surface area (Å²) in [6, 6.07) is 15.0. The lowest BCUT2D eigenvalue weighted by Gasteiger charge is -2.26. The zero-order valence-corrected chi connectivity index (χ0v) is 33.7. The third-order valence-electron chi connectivity index (χ3n) is 10.2. The number of aliphatic hydroxyl groups is 2. The molecule has 2 saturated carbocycles. The predicted molar refractivity (Wildman–Crippen MR) is 228 cm³/mol. The molecule has 8 rings (SSSR count). The van der Waals surface area contributed by atoms with Gasteiger partial charge in [-0.2, -0.15) is 19.9 Å². The molecule has 2 aliphatic carbocycles. The van der Waals surface area contributed by atoms with E-state index in [1.165, 1.54) is 0 Å². The molecule has 4 aromatic heterocycles. The van der Waals surface area contributed by atoms with E-state index in [2.05, 4.69) is 57.8 Å². The van der Waals surface area contributed by atoms with E-state index in [1.807, 2.05) is 46.4 Å². The number of anilines is 8. The van der Waals surface area contributed by atoms with Gasteiger partial charge in [-0.15, -0.1) is 0 Å². The molecular formula is C39H52N14O4S. The van der Waals surface area contributed by atoms with Crippen LogP contribution in [0.25, 0.3) is 22.3 Å².